The van der Waals surface area contributed by atoms with Crippen LogP contribution in [0.1, 0.15) is 38.7 Å². The minimum Gasteiger partial charge on any atom is -0.494 e. The van der Waals surface area contributed by atoms with E-state index < -0.39 is 0 Å². The molecule has 4 nitrogen and oxygen atoms in total. The van der Waals surface area contributed by atoms with Crippen LogP contribution in [-0.2, 0) is 4.79 Å². The summed E-state index contributed by atoms with van der Waals surface area (Å²) in [5.74, 6) is 1.86. The first-order chi connectivity index (χ1) is 11.5. The van der Waals surface area contributed by atoms with Gasteiger partial charge in [0.2, 0.25) is 5.91 Å². The first kappa shape index (κ1) is 18.8. The van der Waals surface area contributed by atoms with Crippen LogP contribution in [0, 0.1) is 12.8 Å². The maximum atomic E-state index is 11.9. The van der Waals surface area contributed by atoms with Crippen LogP contribution in [0.15, 0.2) is 24.3 Å². The van der Waals surface area contributed by atoms with Gasteiger partial charge in [0.25, 0.3) is 0 Å². The van der Waals surface area contributed by atoms with Crippen molar-refractivity contribution in [2.45, 2.75) is 46.1 Å². The molecule has 134 valence electrons. The molecule has 1 aliphatic rings. The zero-order valence-corrected chi connectivity index (χ0v) is 15.6. The highest BCUT2D eigenvalue weighted by Crippen LogP contribution is 2.20. The number of carbonyl (C=O) groups is 1. The fourth-order valence-corrected chi connectivity index (χ4v) is 3.35. The number of amides is 1. The number of rotatable bonds is 8. The van der Waals surface area contributed by atoms with Gasteiger partial charge in [0, 0.05) is 32.1 Å². The van der Waals surface area contributed by atoms with E-state index in [1.54, 1.807) is 0 Å². The predicted molar refractivity (Wildman–Crippen MR) is 98.4 cm³/mol. The number of hydrogen-bond acceptors (Lipinski definition) is 3. The van der Waals surface area contributed by atoms with Crippen LogP contribution in [-0.4, -0.2) is 55.0 Å². The third kappa shape index (κ3) is 5.82. The van der Waals surface area contributed by atoms with Crippen molar-refractivity contribution in [1.29, 1.82) is 0 Å². The van der Waals surface area contributed by atoms with Gasteiger partial charge in [-0.1, -0.05) is 12.1 Å². The number of nitrogens with zero attached hydrogens (tertiary/aromatic N) is 2. The van der Waals surface area contributed by atoms with Crippen molar-refractivity contribution >= 4 is 5.91 Å². The monoisotopic (exact) mass is 332 g/mol. The Hall–Kier alpha value is -1.55. The highest BCUT2D eigenvalue weighted by atomic mass is 16.5. The SMILES string of the molecule is Cc1cccc(OCCCN(C)CC2CCC(=O)N(C(C)C)C2)c1. The van der Waals surface area contributed by atoms with Gasteiger partial charge in [-0.25, -0.2) is 0 Å². The van der Waals surface area contributed by atoms with Gasteiger partial charge in [-0.05, 0) is 64.3 Å². The first-order valence-corrected chi connectivity index (χ1v) is 9.13. The minimum absolute atomic E-state index is 0.313. The van der Waals surface area contributed by atoms with Gasteiger partial charge < -0.3 is 14.5 Å². The average Bonchev–Trinajstić information content (AvgIpc) is 2.53. The summed E-state index contributed by atoms with van der Waals surface area (Å²) < 4.78 is 5.81. The van der Waals surface area contributed by atoms with E-state index in [1.165, 1.54) is 5.56 Å². The lowest BCUT2D eigenvalue weighted by atomic mass is 9.96. The van der Waals surface area contributed by atoms with E-state index in [1.807, 2.05) is 17.0 Å². The normalized spacial score (nSPS) is 18.5. The Balaban J connectivity index is 1.66. The number of ether oxygens (including phenoxy) is 1. The molecule has 0 bridgehead atoms. The molecule has 1 fully saturated rings. The van der Waals surface area contributed by atoms with Crippen LogP contribution in [0.5, 0.6) is 5.75 Å². The molecule has 4 heteroatoms. The lowest BCUT2D eigenvalue weighted by Gasteiger charge is -2.37. The van der Waals surface area contributed by atoms with E-state index in [0.29, 0.717) is 24.3 Å². The zero-order valence-electron chi connectivity index (χ0n) is 15.6. The average molecular weight is 332 g/mol. The standard InChI is InChI=1S/C20H32N2O2/c1-16(2)22-15-18(9-10-20(22)23)14-21(4)11-6-12-24-19-8-5-7-17(3)13-19/h5,7-8,13,16,18H,6,9-12,14-15H2,1-4H3. The van der Waals surface area contributed by atoms with Crippen LogP contribution in [0.4, 0.5) is 0 Å². The van der Waals surface area contributed by atoms with Gasteiger partial charge in [-0.2, -0.15) is 0 Å². The summed E-state index contributed by atoms with van der Waals surface area (Å²) >= 11 is 0. The summed E-state index contributed by atoms with van der Waals surface area (Å²) in [6.07, 6.45) is 2.74. The van der Waals surface area contributed by atoms with Crippen molar-refractivity contribution in [2.75, 3.05) is 33.3 Å². The summed E-state index contributed by atoms with van der Waals surface area (Å²) in [6.45, 7) is 10.0. The molecule has 0 radical (unpaired) electrons. The molecule has 0 aromatic heterocycles. The maximum absolute atomic E-state index is 11.9. The number of aryl methyl sites for hydroxylation is 1. The fourth-order valence-electron chi connectivity index (χ4n) is 3.35. The summed E-state index contributed by atoms with van der Waals surface area (Å²) in [7, 11) is 2.17. The molecule has 24 heavy (non-hydrogen) atoms. The van der Waals surface area contributed by atoms with Gasteiger partial charge in [-0.15, -0.1) is 0 Å². The van der Waals surface area contributed by atoms with Crippen molar-refractivity contribution < 1.29 is 9.53 Å². The van der Waals surface area contributed by atoms with E-state index in [0.717, 1.165) is 44.8 Å². The van der Waals surface area contributed by atoms with E-state index in [9.17, 15) is 4.79 Å². The lowest BCUT2D eigenvalue weighted by molar-refractivity contribution is -0.136. The molecule has 1 aliphatic heterocycles. The van der Waals surface area contributed by atoms with E-state index in [4.69, 9.17) is 4.74 Å². The van der Waals surface area contributed by atoms with Gasteiger partial charge in [-0.3, -0.25) is 4.79 Å². The fraction of sp³-hybridized carbons (Fsp3) is 0.650. The molecule has 1 unspecified atom stereocenters. The second-order valence-corrected chi connectivity index (χ2v) is 7.33. The lowest BCUT2D eigenvalue weighted by Crippen LogP contribution is -2.46. The van der Waals surface area contributed by atoms with Crippen molar-refractivity contribution in [3.05, 3.63) is 29.8 Å². The molecule has 1 saturated heterocycles. The van der Waals surface area contributed by atoms with E-state index >= 15 is 0 Å². The van der Waals surface area contributed by atoms with Crippen molar-refractivity contribution in [1.82, 2.24) is 9.80 Å². The van der Waals surface area contributed by atoms with Crippen molar-refractivity contribution in [3.8, 4) is 5.75 Å². The predicted octanol–water partition coefficient (Wildman–Crippen LogP) is 3.34. The third-order valence-electron chi connectivity index (χ3n) is 4.68. The summed E-state index contributed by atoms with van der Waals surface area (Å²) in [6, 6.07) is 8.50. The number of piperidine rings is 1. The Morgan fingerprint density at radius 3 is 2.88 bits per heavy atom. The number of likely N-dealkylation sites (tertiary alicyclic amines) is 1. The molecular weight excluding hydrogens is 300 g/mol. The van der Waals surface area contributed by atoms with Crippen LogP contribution < -0.4 is 4.74 Å². The van der Waals surface area contributed by atoms with Crippen LogP contribution in [0.2, 0.25) is 0 Å². The molecule has 1 amide bonds. The van der Waals surface area contributed by atoms with Crippen molar-refractivity contribution in [2.24, 2.45) is 5.92 Å². The molecule has 0 aliphatic carbocycles. The van der Waals surface area contributed by atoms with E-state index in [2.05, 4.69) is 44.9 Å². The van der Waals surface area contributed by atoms with Crippen LogP contribution >= 0.6 is 0 Å². The highest BCUT2D eigenvalue weighted by Gasteiger charge is 2.27. The molecule has 1 aromatic carbocycles. The first-order valence-electron chi connectivity index (χ1n) is 9.13. The molecule has 0 N–H and O–H groups in total. The topological polar surface area (TPSA) is 32.8 Å². The minimum atomic E-state index is 0.313. The third-order valence-corrected chi connectivity index (χ3v) is 4.68. The molecular formula is C20H32N2O2. The maximum Gasteiger partial charge on any atom is 0.222 e. The number of benzene rings is 1. The zero-order chi connectivity index (χ0) is 17.5. The Morgan fingerprint density at radius 1 is 1.38 bits per heavy atom. The molecule has 0 spiro atoms. The Bertz CT molecular complexity index is 530. The Labute approximate surface area is 146 Å². The van der Waals surface area contributed by atoms with Gasteiger partial charge in [0.15, 0.2) is 0 Å². The molecule has 0 saturated carbocycles. The highest BCUT2D eigenvalue weighted by molar-refractivity contribution is 5.77. The second-order valence-electron chi connectivity index (χ2n) is 7.33. The second kappa shape index (κ2) is 9.07. The largest absolute Gasteiger partial charge is 0.494 e. The number of carbonyl (C=O) groups excluding carboxylic acids is 1. The molecule has 1 heterocycles. The molecule has 1 aromatic rings. The van der Waals surface area contributed by atoms with Gasteiger partial charge in [0.05, 0.1) is 6.61 Å². The van der Waals surface area contributed by atoms with Crippen LogP contribution in [0.25, 0.3) is 0 Å². The molecule has 2 rings (SSSR count). The quantitative estimate of drug-likeness (QED) is 0.685. The Morgan fingerprint density at radius 2 is 2.17 bits per heavy atom. The Kier molecular flexibility index (Phi) is 7.10. The molecule has 1 atom stereocenters. The van der Waals surface area contributed by atoms with Crippen molar-refractivity contribution in [3.63, 3.8) is 0 Å². The summed E-state index contributed by atoms with van der Waals surface area (Å²) in [5.41, 5.74) is 1.23. The van der Waals surface area contributed by atoms with Crippen LogP contribution in [0.3, 0.4) is 0 Å². The number of hydrogen-bond donors (Lipinski definition) is 0. The smallest absolute Gasteiger partial charge is 0.222 e. The van der Waals surface area contributed by atoms with Gasteiger partial charge >= 0.3 is 0 Å². The summed E-state index contributed by atoms with van der Waals surface area (Å²) in [5, 5.41) is 0. The van der Waals surface area contributed by atoms with Gasteiger partial charge in [0.1, 0.15) is 5.75 Å². The van der Waals surface area contributed by atoms with E-state index in [-0.39, 0.29) is 0 Å². The summed E-state index contributed by atoms with van der Waals surface area (Å²) in [4.78, 5) is 16.3.